The SMILES string of the molecule is Cc1c(C(=O)NCC(C)CC(=O)O)[nH]c2c1C(=O)CCC2. The summed E-state index contributed by atoms with van der Waals surface area (Å²) in [6, 6.07) is 0. The topological polar surface area (TPSA) is 99.3 Å². The van der Waals surface area contributed by atoms with Crippen LogP contribution in [0.2, 0.25) is 0 Å². The van der Waals surface area contributed by atoms with Crippen LogP contribution in [0.4, 0.5) is 0 Å². The Morgan fingerprint density at radius 3 is 2.71 bits per heavy atom. The molecule has 2 rings (SSSR count). The highest BCUT2D eigenvalue weighted by Crippen LogP contribution is 2.26. The van der Waals surface area contributed by atoms with E-state index in [1.165, 1.54) is 0 Å². The number of carboxylic acids is 1. The molecule has 0 spiro atoms. The zero-order valence-electron chi connectivity index (χ0n) is 12.3. The molecule has 3 N–H and O–H groups in total. The molecule has 0 aromatic carbocycles. The van der Waals surface area contributed by atoms with Crippen LogP contribution in [0, 0.1) is 12.8 Å². The van der Waals surface area contributed by atoms with Gasteiger partial charge in [-0.2, -0.15) is 0 Å². The lowest BCUT2D eigenvalue weighted by atomic mass is 9.94. The van der Waals surface area contributed by atoms with E-state index in [1.54, 1.807) is 13.8 Å². The zero-order valence-corrected chi connectivity index (χ0v) is 12.3. The van der Waals surface area contributed by atoms with Crippen molar-refractivity contribution >= 4 is 17.7 Å². The molecule has 6 heteroatoms. The number of rotatable bonds is 5. The highest BCUT2D eigenvalue weighted by molar-refractivity contribution is 6.04. The summed E-state index contributed by atoms with van der Waals surface area (Å²) < 4.78 is 0. The number of nitrogens with one attached hydrogen (secondary N) is 2. The summed E-state index contributed by atoms with van der Waals surface area (Å²) in [5.41, 5.74) is 2.60. The molecule has 1 unspecified atom stereocenters. The van der Waals surface area contributed by atoms with Gasteiger partial charge in [0.15, 0.2) is 5.78 Å². The molecule has 1 aliphatic rings. The monoisotopic (exact) mass is 292 g/mol. The Hall–Kier alpha value is -2.11. The molecule has 0 saturated heterocycles. The van der Waals surface area contributed by atoms with Gasteiger partial charge in [0.05, 0.1) is 0 Å². The van der Waals surface area contributed by atoms with Gasteiger partial charge in [0.25, 0.3) is 5.91 Å². The predicted octanol–water partition coefficient (Wildman–Crippen LogP) is 1.68. The summed E-state index contributed by atoms with van der Waals surface area (Å²) in [4.78, 5) is 37.7. The minimum Gasteiger partial charge on any atom is -0.481 e. The maximum atomic E-state index is 12.2. The fourth-order valence-electron chi connectivity index (χ4n) is 2.73. The number of Topliss-reactive ketones (excluding diaryl/α,β-unsaturated/α-hetero) is 1. The molecule has 1 aromatic rings. The number of carboxylic acid groups (broad SMARTS) is 1. The number of carbonyl (C=O) groups excluding carboxylic acids is 2. The van der Waals surface area contributed by atoms with E-state index < -0.39 is 5.97 Å². The first-order valence-corrected chi connectivity index (χ1v) is 7.14. The normalized spacial score (nSPS) is 15.4. The van der Waals surface area contributed by atoms with Gasteiger partial charge in [-0.1, -0.05) is 6.92 Å². The first-order chi connectivity index (χ1) is 9.90. The second kappa shape index (κ2) is 6.11. The number of ketones is 1. The number of hydrogen-bond acceptors (Lipinski definition) is 3. The van der Waals surface area contributed by atoms with Crippen LogP contribution in [-0.4, -0.2) is 34.3 Å². The van der Waals surface area contributed by atoms with Crippen LogP contribution in [0.25, 0.3) is 0 Å². The number of carbonyl (C=O) groups is 3. The first-order valence-electron chi connectivity index (χ1n) is 7.14. The Morgan fingerprint density at radius 2 is 2.10 bits per heavy atom. The van der Waals surface area contributed by atoms with Crippen molar-refractivity contribution in [1.82, 2.24) is 10.3 Å². The summed E-state index contributed by atoms with van der Waals surface area (Å²) in [7, 11) is 0. The van der Waals surface area contributed by atoms with Crippen molar-refractivity contribution in [2.24, 2.45) is 5.92 Å². The van der Waals surface area contributed by atoms with E-state index in [2.05, 4.69) is 10.3 Å². The van der Waals surface area contributed by atoms with Crippen molar-refractivity contribution in [2.75, 3.05) is 6.54 Å². The Balaban J connectivity index is 2.07. The molecule has 21 heavy (non-hydrogen) atoms. The molecule has 0 fully saturated rings. The lowest BCUT2D eigenvalue weighted by Crippen LogP contribution is -2.30. The Bertz CT molecular complexity index is 589. The third-order valence-electron chi connectivity index (χ3n) is 3.80. The molecular weight excluding hydrogens is 272 g/mol. The summed E-state index contributed by atoms with van der Waals surface area (Å²) in [5, 5.41) is 11.4. The fraction of sp³-hybridized carbons (Fsp3) is 0.533. The van der Waals surface area contributed by atoms with Crippen LogP contribution in [-0.2, 0) is 11.2 Å². The molecule has 114 valence electrons. The highest BCUT2D eigenvalue weighted by Gasteiger charge is 2.26. The number of aromatic amines is 1. The molecule has 0 saturated carbocycles. The van der Waals surface area contributed by atoms with Gasteiger partial charge in [-0.15, -0.1) is 0 Å². The minimum absolute atomic E-state index is 0.0129. The average molecular weight is 292 g/mol. The van der Waals surface area contributed by atoms with E-state index in [1.807, 2.05) is 0 Å². The van der Waals surface area contributed by atoms with Gasteiger partial charge in [-0.25, -0.2) is 0 Å². The van der Waals surface area contributed by atoms with Crippen molar-refractivity contribution in [1.29, 1.82) is 0 Å². The smallest absolute Gasteiger partial charge is 0.303 e. The van der Waals surface area contributed by atoms with Crippen LogP contribution in [0.1, 0.15) is 58.3 Å². The Morgan fingerprint density at radius 1 is 1.38 bits per heavy atom. The van der Waals surface area contributed by atoms with Gasteiger partial charge >= 0.3 is 5.97 Å². The van der Waals surface area contributed by atoms with E-state index in [0.29, 0.717) is 29.8 Å². The Kier molecular flexibility index (Phi) is 4.45. The fourth-order valence-corrected chi connectivity index (χ4v) is 2.73. The number of aliphatic carboxylic acids is 1. The van der Waals surface area contributed by atoms with Gasteiger partial charge in [-0.05, 0) is 31.2 Å². The van der Waals surface area contributed by atoms with E-state index in [-0.39, 0.29) is 24.0 Å². The second-order valence-corrected chi connectivity index (χ2v) is 5.67. The third kappa shape index (κ3) is 3.32. The standard InChI is InChI=1S/C15H20N2O4/c1-8(6-12(19)20)7-16-15(21)14-9(2)13-10(17-14)4-3-5-11(13)18/h8,17H,3-7H2,1-2H3,(H,16,21)(H,19,20). The molecule has 1 aliphatic carbocycles. The number of aryl methyl sites for hydroxylation is 1. The summed E-state index contributed by atoms with van der Waals surface area (Å²) in [5.74, 6) is -1.22. The van der Waals surface area contributed by atoms with E-state index in [9.17, 15) is 14.4 Å². The lowest BCUT2D eigenvalue weighted by Gasteiger charge is -2.10. The zero-order chi connectivity index (χ0) is 15.6. The summed E-state index contributed by atoms with van der Waals surface area (Å²) in [6.45, 7) is 3.83. The number of aromatic nitrogens is 1. The van der Waals surface area contributed by atoms with E-state index >= 15 is 0 Å². The van der Waals surface area contributed by atoms with Crippen molar-refractivity contribution in [3.05, 3.63) is 22.5 Å². The van der Waals surface area contributed by atoms with E-state index in [0.717, 1.165) is 18.5 Å². The third-order valence-corrected chi connectivity index (χ3v) is 3.80. The van der Waals surface area contributed by atoms with Gasteiger partial charge in [-0.3, -0.25) is 14.4 Å². The predicted molar refractivity (Wildman–Crippen MR) is 76.5 cm³/mol. The largest absolute Gasteiger partial charge is 0.481 e. The molecule has 0 bridgehead atoms. The quantitative estimate of drug-likeness (QED) is 0.768. The molecular formula is C15H20N2O4. The number of H-pyrrole nitrogens is 1. The summed E-state index contributed by atoms with van der Waals surface area (Å²) in [6.07, 6.45) is 2.13. The molecule has 1 aromatic heterocycles. The van der Waals surface area contributed by atoms with Crippen LogP contribution >= 0.6 is 0 Å². The molecule has 1 amide bonds. The van der Waals surface area contributed by atoms with Crippen LogP contribution in [0.15, 0.2) is 0 Å². The van der Waals surface area contributed by atoms with Crippen LogP contribution in [0.3, 0.4) is 0 Å². The van der Waals surface area contributed by atoms with Crippen LogP contribution in [0.5, 0.6) is 0 Å². The molecule has 0 radical (unpaired) electrons. The minimum atomic E-state index is -0.881. The molecule has 1 heterocycles. The maximum absolute atomic E-state index is 12.2. The van der Waals surface area contributed by atoms with Gasteiger partial charge in [0.2, 0.25) is 0 Å². The van der Waals surface area contributed by atoms with Gasteiger partial charge in [0, 0.05) is 30.6 Å². The number of hydrogen-bond donors (Lipinski definition) is 3. The van der Waals surface area contributed by atoms with Crippen molar-refractivity contribution in [3.63, 3.8) is 0 Å². The van der Waals surface area contributed by atoms with Gasteiger partial charge < -0.3 is 15.4 Å². The van der Waals surface area contributed by atoms with Crippen molar-refractivity contribution < 1.29 is 19.5 Å². The van der Waals surface area contributed by atoms with Crippen LogP contribution < -0.4 is 5.32 Å². The first kappa shape index (κ1) is 15.3. The number of fused-ring (bicyclic) bond motifs is 1. The lowest BCUT2D eigenvalue weighted by molar-refractivity contribution is -0.137. The van der Waals surface area contributed by atoms with E-state index in [4.69, 9.17) is 5.11 Å². The highest BCUT2D eigenvalue weighted by atomic mass is 16.4. The van der Waals surface area contributed by atoms with Crippen molar-refractivity contribution in [3.8, 4) is 0 Å². The molecule has 0 aliphatic heterocycles. The maximum Gasteiger partial charge on any atom is 0.303 e. The number of amides is 1. The average Bonchev–Trinajstić information content (AvgIpc) is 2.74. The van der Waals surface area contributed by atoms with Crippen molar-refractivity contribution in [2.45, 2.75) is 39.5 Å². The second-order valence-electron chi connectivity index (χ2n) is 5.67. The molecule has 1 atom stereocenters. The van der Waals surface area contributed by atoms with Gasteiger partial charge in [0.1, 0.15) is 5.69 Å². The molecule has 6 nitrogen and oxygen atoms in total. The summed E-state index contributed by atoms with van der Waals surface area (Å²) >= 11 is 0. The Labute approximate surface area is 122 Å².